The first-order valence-electron chi connectivity index (χ1n) is 7.43. The highest BCUT2D eigenvalue weighted by atomic mass is 79.9. The predicted octanol–water partition coefficient (Wildman–Crippen LogP) is 3.55. The molecule has 0 heterocycles. The molecule has 2 rings (SSSR count). The molecule has 0 saturated heterocycles. The van der Waals surface area contributed by atoms with Crippen molar-refractivity contribution in [1.82, 2.24) is 10.6 Å². The summed E-state index contributed by atoms with van der Waals surface area (Å²) in [7, 11) is 0. The highest BCUT2D eigenvalue weighted by Gasteiger charge is 2.16. The highest BCUT2D eigenvalue weighted by Crippen LogP contribution is 2.18. The molecule has 0 aromatic heterocycles. The highest BCUT2D eigenvalue weighted by molar-refractivity contribution is 9.10. The van der Waals surface area contributed by atoms with Gasteiger partial charge in [-0.3, -0.25) is 4.79 Å². The second-order valence-electron chi connectivity index (χ2n) is 5.56. The van der Waals surface area contributed by atoms with Gasteiger partial charge in [-0.15, -0.1) is 0 Å². The number of nitrogens with one attached hydrogen (secondary N) is 2. The van der Waals surface area contributed by atoms with E-state index in [2.05, 4.69) is 45.6 Å². The van der Waals surface area contributed by atoms with E-state index < -0.39 is 0 Å². The van der Waals surface area contributed by atoms with E-state index >= 15 is 0 Å². The fraction of sp³-hybridized carbons (Fsp3) is 0.562. The van der Waals surface area contributed by atoms with E-state index in [0.717, 1.165) is 17.3 Å². The van der Waals surface area contributed by atoms with Crippen molar-refractivity contribution in [2.75, 3.05) is 6.54 Å². The molecule has 1 aliphatic rings. The molecule has 1 aliphatic carbocycles. The number of hydrogen-bond donors (Lipinski definition) is 2. The summed E-state index contributed by atoms with van der Waals surface area (Å²) in [6.45, 7) is 2.46. The number of benzene rings is 1. The van der Waals surface area contributed by atoms with Crippen LogP contribution in [0.4, 0.5) is 0 Å². The molecule has 1 saturated carbocycles. The first-order chi connectivity index (χ1) is 9.65. The molecule has 20 heavy (non-hydrogen) atoms. The Kier molecular flexibility index (Phi) is 6.05. The molecule has 1 aromatic rings. The van der Waals surface area contributed by atoms with Gasteiger partial charge < -0.3 is 10.6 Å². The van der Waals surface area contributed by atoms with Crippen LogP contribution in [-0.4, -0.2) is 18.5 Å². The molecule has 1 aromatic carbocycles. The summed E-state index contributed by atoms with van der Waals surface area (Å²) in [5, 5.41) is 6.41. The van der Waals surface area contributed by atoms with Crippen LogP contribution in [0.2, 0.25) is 0 Å². The van der Waals surface area contributed by atoms with Crippen LogP contribution in [0.1, 0.15) is 50.6 Å². The lowest BCUT2D eigenvalue weighted by atomic mass is 9.95. The largest absolute Gasteiger partial charge is 0.352 e. The molecule has 110 valence electrons. The minimum Gasteiger partial charge on any atom is -0.352 e. The van der Waals surface area contributed by atoms with Gasteiger partial charge in [0.25, 0.3) is 0 Å². The summed E-state index contributed by atoms with van der Waals surface area (Å²) in [6.07, 6.45) is 6.06. The van der Waals surface area contributed by atoms with Crippen molar-refractivity contribution in [1.29, 1.82) is 0 Å². The summed E-state index contributed by atoms with van der Waals surface area (Å²) in [6, 6.07) is 8.73. The first kappa shape index (κ1) is 15.5. The molecule has 1 unspecified atom stereocenters. The summed E-state index contributed by atoms with van der Waals surface area (Å²) in [4.78, 5) is 11.9. The van der Waals surface area contributed by atoms with Gasteiger partial charge in [0.05, 0.1) is 6.54 Å². The number of amides is 1. The summed E-state index contributed by atoms with van der Waals surface area (Å²) in [5.74, 6) is 0.110. The molecule has 1 atom stereocenters. The van der Waals surface area contributed by atoms with Crippen molar-refractivity contribution in [3.8, 4) is 0 Å². The Bertz CT molecular complexity index is 444. The van der Waals surface area contributed by atoms with Crippen LogP contribution in [0, 0.1) is 0 Å². The molecule has 1 fully saturated rings. The zero-order valence-electron chi connectivity index (χ0n) is 12.0. The van der Waals surface area contributed by atoms with E-state index in [-0.39, 0.29) is 11.9 Å². The average molecular weight is 339 g/mol. The van der Waals surface area contributed by atoms with Crippen molar-refractivity contribution >= 4 is 21.8 Å². The van der Waals surface area contributed by atoms with Crippen molar-refractivity contribution in [2.45, 2.75) is 51.1 Å². The monoisotopic (exact) mass is 338 g/mol. The van der Waals surface area contributed by atoms with Gasteiger partial charge in [0, 0.05) is 16.6 Å². The number of hydrogen-bond acceptors (Lipinski definition) is 2. The molecular formula is C16H23BrN2O. The third-order valence-corrected chi connectivity index (χ3v) is 4.38. The normalized spacial score (nSPS) is 17.7. The Morgan fingerprint density at radius 3 is 2.80 bits per heavy atom. The van der Waals surface area contributed by atoms with Crippen molar-refractivity contribution in [3.05, 3.63) is 34.3 Å². The second kappa shape index (κ2) is 7.79. The van der Waals surface area contributed by atoms with E-state index in [4.69, 9.17) is 0 Å². The van der Waals surface area contributed by atoms with Gasteiger partial charge in [-0.05, 0) is 37.5 Å². The van der Waals surface area contributed by atoms with Gasteiger partial charge >= 0.3 is 0 Å². The lowest BCUT2D eigenvalue weighted by Crippen LogP contribution is -2.41. The molecule has 4 heteroatoms. The average Bonchev–Trinajstić information content (AvgIpc) is 2.46. The summed E-state index contributed by atoms with van der Waals surface area (Å²) in [5.41, 5.74) is 1.19. The Hall–Kier alpha value is -0.870. The Morgan fingerprint density at radius 1 is 1.35 bits per heavy atom. The SMILES string of the molecule is CC(NCC(=O)NC1CCCCC1)c1cccc(Br)c1. The van der Waals surface area contributed by atoms with Crippen LogP contribution < -0.4 is 10.6 Å². The van der Waals surface area contributed by atoms with Crippen molar-refractivity contribution in [2.24, 2.45) is 0 Å². The molecule has 2 N–H and O–H groups in total. The van der Waals surface area contributed by atoms with E-state index in [1.165, 1.54) is 24.8 Å². The molecule has 1 amide bonds. The van der Waals surface area contributed by atoms with E-state index in [0.29, 0.717) is 12.6 Å². The summed E-state index contributed by atoms with van der Waals surface area (Å²) < 4.78 is 1.07. The van der Waals surface area contributed by atoms with Gasteiger partial charge in [-0.1, -0.05) is 47.3 Å². The number of rotatable bonds is 5. The van der Waals surface area contributed by atoms with Gasteiger partial charge in [0.1, 0.15) is 0 Å². The molecular weight excluding hydrogens is 316 g/mol. The molecule has 0 aliphatic heterocycles. The molecule has 0 spiro atoms. The number of halogens is 1. The Morgan fingerprint density at radius 2 is 2.10 bits per heavy atom. The summed E-state index contributed by atoms with van der Waals surface area (Å²) >= 11 is 3.47. The van der Waals surface area contributed by atoms with Crippen LogP contribution in [0.3, 0.4) is 0 Å². The van der Waals surface area contributed by atoms with Gasteiger partial charge in [-0.25, -0.2) is 0 Å². The van der Waals surface area contributed by atoms with Crippen LogP contribution >= 0.6 is 15.9 Å². The van der Waals surface area contributed by atoms with Gasteiger partial charge in [0.2, 0.25) is 5.91 Å². The van der Waals surface area contributed by atoms with Gasteiger partial charge in [0.15, 0.2) is 0 Å². The quantitative estimate of drug-likeness (QED) is 0.861. The fourth-order valence-corrected chi connectivity index (χ4v) is 3.08. The second-order valence-corrected chi connectivity index (χ2v) is 6.48. The van der Waals surface area contributed by atoms with E-state index in [1.54, 1.807) is 0 Å². The number of carbonyl (C=O) groups is 1. The van der Waals surface area contributed by atoms with Crippen LogP contribution in [0.5, 0.6) is 0 Å². The maximum atomic E-state index is 11.9. The van der Waals surface area contributed by atoms with Crippen LogP contribution in [0.15, 0.2) is 28.7 Å². The lowest BCUT2D eigenvalue weighted by molar-refractivity contribution is -0.121. The van der Waals surface area contributed by atoms with Crippen molar-refractivity contribution < 1.29 is 4.79 Å². The van der Waals surface area contributed by atoms with E-state index in [1.807, 2.05) is 12.1 Å². The van der Waals surface area contributed by atoms with Gasteiger partial charge in [-0.2, -0.15) is 0 Å². The Labute approximate surface area is 129 Å². The molecule has 0 bridgehead atoms. The third kappa shape index (κ3) is 4.91. The molecule has 0 radical (unpaired) electrons. The molecule has 3 nitrogen and oxygen atoms in total. The van der Waals surface area contributed by atoms with E-state index in [9.17, 15) is 4.79 Å². The smallest absolute Gasteiger partial charge is 0.234 e. The third-order valence-electron chi connectivity index (χ3n) is 3.89. The van der Waals surface area contributed by atoms with Crippen molar-refractivity contribution in [3.63, 3.8) is 0 Å². The fourth-order valence-electron chi connectivity index (χ4n) is 2.67. The zero-order chi connectivity index (χ0) is 14.4. The minimum atomic E-state index is 0.110. The minimum absolute atomic E-state index is 0.110. The van der Waals surface area contributed by atoms with Crippen LogP contribution in [0.25, 0.3) is 0 Å². The first-order valence-corrected chi connectivity index (χ1v) is 8.22. The maximum absolute atomic E-state index is 11.9. The standard InChI is InChI=1S/C16H23BrN2O/c1-12(13-6-5-7-14(17)10-13)18-11-16(20)19-15-8-3-2-4-9-15/h5-7,10,12,15,18H,2-4,8-9,11H2,1H3,(H,19,20). The Balaban J connectivity index is 1.75. The topological polar surface area (TPSA) is 41.1 Å². The maximum Gasteiger partial charge on any atom is 0.234 e. The zero-order valence-corrected chi connectivity index (χ0v) is 13.6. The number of carbonyl (C=O) groups excluding carboxylic acids is 1. The predicted molar refractivity (Wildman–Crippen MR) is 85.6 cm³/mol. The lowest BCUT2D eigenvalue weighted by Gasteiger charge is -2.23. The van der Waals surface area contributed by atoms with Crippen LogP contribution in [-0.2, 0) is 4.79 Å².